The van der Waals surface area contributed by atoms with Crippen molar-refractivity contribution in [1.82, 2.24) is 10.2 Å². The lowest BCUT2D eigenvalue weighted by Gasteiger charge is -1.90. The number of hydrogen-bond acceptors (Lipinski definition) is 5. The van der Waals surface area contributed by atoms with Crippen molar-refractivity contribution < 1.29 is 9.21 Å². The largest absolute Gasteiger partial charge is 0.403 e. The fraction of sp³-hybridized carbons (Fsp3) is 0.125. The zero-order valence-corrected chi connectivity index (χ0v) is 8.17. The van der Waals surface area contributed by atoms with Gasteiger partial charge in [-0.1, -0.05) is 5.10 Å². The molecule has 0 saturated heterocycles. The maximum absolute atomic E-state index is 10.7. The summed E-state index contributed by atoms with van der Waals surface area (Å²) in [6.07, 6.45) is 0. The molecule has 0 aliphatic rings. The van der Waals surface area contributed by atoms with E-state index in [4.69, 9.17) is 4.42 Å². The third-order valence-electron chi connectivity index (χ3n) is 1.48. The fourth-order valence-electron chi connectivity index (χ4n) is 0.927. The van der Waals surface area contributed by atoms with E-state index in [1.54, 1.807) is 11.3 Å². The van der Waals surface area contributed by atoms with E-state index in [-0.39, 0.29) is 11.9 Å². The molecule has 0 saturated carbocycles. The van der Waals surface area contributed by atoms with Crippen LogP contribution in [0.1, 0.15) is 6.92 Å². The summed E-state index contributed by atoms with van der Waals surface area (Å²) in [6, 6.07) is 1.99. The van der Waals surface area contributed by atoms with Crippen molar-refractivity contribution in [3.05, 3.63) is 16.8 Å². The minimum atomic E-state index is -0.231. The lowest BCUT2D eigenvalue weighted by molar-refractivity contribution is -0.114. The number of anilines is 1. The number of hydrogen-bond donors (Lipinski definition) is 1. The van der Waals surface area contributed by atoms with Gasteiger partial charge in [0.25, 0.3) is 5.89 Å². The van der Waals surface area contributed by atoms with E-state index in [1.165, 1.54) is 6.92 Å². The molecule has 0 unspecified atom stereocenters. The van der Waals surface area contributed by atoms with Crippen molar-refractivity contribution in [3.8, 4) is 11.5 Å². The molecule has 0 fully saturated rings. The predicted molar refractivity (Wildman–Crippen MR) is 51.9 cm³/mol. The Kier molecular flexibility index (Phi) is 2.28. The summed E-state index contributed by atoms with van der Waals surface area (Å²) in [7, 11) is 0. The summed E-state index contributed by atoms with van der Waals surface area (Å²) in [5.74, 6) is 0.181. The number of amides is 1. The number of nitrogens with zero attached hydrogens (tertiary/aromatic N) is 2. The second-order valence-corrected chi connectivity index (χ2v) is 3.39. The number of carbonyl (C=O) groups excluding carboxylic acids is 1. The van der Waals surface area contributed by atoms with Gasteiger partial charge in [-0.15, -0.1) is 5.10 Å². The van der Waals surface area contributed by atoms with Gasteiger partial charge in [0, 0.05) is 17.9 Å². The predicted octanol–water partition coefficient (Wildman–Crippen LogP) is 1.76. The quantitative estimate of drug-likeness (QED) is 0.818. The minimum absolute atomic E-state index is 0.124. The van der Waals surface area contributed by atoms with Crippen LogP contribution in [0.5, 0.6) is 0 Å². The van der Waals surface area contributed by atoms with Gasteiger partial charge in [-0.3, -0.25) is 10.1 Å². The van der Waals surface area contributed by atoms with Gasteiger partial charge < -0.3 is 4.42 Å². The Morgan fingerprint density at radius 3 is 3.07 bits per heavy atom. The number of carbonyl (C=O) groups is 1. The lowest BCUT2D eigenvalue weighted by atomic mass is 10.3. The van der Waals surface area contributed by atoms with Crippen molar-refractivity contribution >= 4 is 23.3 Å². The Labute approximate surface area is 83.8 Å². The Morgan fingerprint density at radius 2 is 2.43 bits per heavy atom. The molecular formula is C8H7N3O2S. The molecule has 2 aromatic heterocycles. The van der Waals surface area contributed by atoms with Gasteiger partial charge in [0.2, 0.25) is 5.91 Å². The fourth-order valence-corrected chi connectivity index (χ4v) is 1.56. The maximum atomic E-state index is 10.7. The lowest BCUT2D eigenvalue weighted by Crippen LogP contribution is -2.05. The molecule has 6 heteroatoms. The summed E-state index contributed by atoms with van der Waals surface area (Å²) in [5.41, 5.74) is 0.860. The van der Waals surface area contributed by atoms with Crippen LogP contribution in [0, 0.1) is 0 Å². The minimum Gasteiger partial charge on any atom is -0.403 e. The van der Waals surface area contributed by atoms with Crippen LogP contribution in [0.2, 0.25) is 0 Å². The van der Waals surface area contributed by atoms with Gasteiger partial charge in [0.1, 0.15) is 0 Å². The summed E-state index contributed by atoms with van der Waals surface area (Å²) in [6.45, 7) is 1.38. The van der Waals surface area contributed by atoms with Crippen LogP contribution in [0.3, 0.4) is 0 Å². The normalized spacial score (nSPS) is 10.1. The van der Waals surface area contributed by atoms with Gasteiger partial charge in [-0.05, 0) is 11.4 Å². The van der Waals surface area contributed by atoms with E-state index in [2.05, 4.69) is 15.5 Å². The van der Waals surface area contributed by atoms with Gasteiger partial charge in [-0.25, -0.2) is 0 Å². The molecule has 1 N–H and O–H groups in total. The molecule has 2 aromatic rings. The first kappa shape index (κ1) is 8.89. The van der Waals surface area contributed by atoms with Crippen LogP contribution < -0.4 is 5.32 Å². The zero-order valence-electron chi connectivity index (χ0n) is 7.35. The highest BCUT2D eigenvalue weighted by molar-refractivity contribution is 7.08. The molecule has 2 heterocycles. The third-order valence-corrected chi connectivity index (χ3v) is 2.16. The standard InChI is InChI=1S/C8H7N3O2S/c1-5(12)9-8-11-10-7(13-8)6-2-3-14-4-6/h2-4H,1H3,(H,9,11,12). The SMILES string of the molecule is CC(=O)Nc1nnc(-c2ccsc2)o1. The van der Waals surface area contributed by atoms with Crippen LogP contribution in [0.4, 0.5) is 6.01 Å². The van der Waals surface area contributed by atoms with Crippen molar-refractivity contribution in [2.24, 2.45) is 0 Å². The number of rotatable bonds is 2. The number of thiophene rings is 1. The van der Waals surface area contributed by atoms with Gasteiger partial charge >= 0.3 is 6.01 Å². The first-order valence-corrected chi connectivity index (χ1v) is 4.83. The van der Waals surface area contributed by atoms with E-state index >= 15 is 0 Å². The first-order valence-electron chi connectivity index (χ1n) is 3.89. The molecule has 0 aromatic carbocycles. The highest BCUT2D eigenvalue weighted by Gasteiger charge is 2.08. The molecule has 14 heavy (non-hydrogen) atoms. The van der Waals surface area contributed by atoms with Crippen LogP contribution in [-0.4, -0.2) is 16.1 Å². The average Bonchev–Trinajstić information content (AvgIpc) is 2.69. The Morgan fingerprint density at radius 1 is 1.57 bits per heavy atom. The van der Waals surface area contributed by atoms with Crippen LogP contribution in [0.25, 0.3) is 11.5 Å². The molecule has 1 amide bonds. The summed E-state index contributed by atoms with van der Waals surface area (Å²) >= 11 is 1.54. The molecule has 0 atom stereocenters. The smallest absolute Gasteiger partial charge is 0.322 e. The van der Waals surface area contributed by atoms with Crippen molar-refractivity contribution in [2.75, 3.05) is 5.32 Å². The van der Waals surface area contributed by atoms with Crippen LogP contribution >= 0.6 is 11.3 Å². The van der Waals surface area contributed by atoms with E-state index < -0.39 is 0 Å². The number of nitrogens with one attached hydrogen (secondary N) is 1. The molecule has 0 radical (unpaired) electrons. The molecule has 0 aliphatic heterocycles. The van der Waals surface area contributed by atoms with E-state index in [1.807, 2.05) is 16.8 Å². The molecule has 0 spiro atoms. The zero-order chi connectivity index (χ0) is 9.97. The van der Waals surface area contributed by atoms with Crippen LogP contribution in [-0.2, 0) is 4.79 Å². The van der Waals surface area contributed by atoms with Gasteiger partial charge in [0.15, 0.2) is 0 Å². The number of aromatic nitrogens is 2. The molecule has 72 valence electrons. The molecule has 0 bridgehead atoms. The van der Waals surface area contributed by atoms with E-state index in [9.17, 15) is 4.79 Å². The molecule has 5 nitrogen and oxygen atoms in total. The molecule has 0 aliphatic carbocycles. The molecule has 2 rings (SSSR count). The van der Waals surface area contributed by atoms with Gasteiger partial charge in [0.05, 0.1) is 0 Å². The first-order chi connectivity index (χ1) is 6.75. The van der Waals surface area contributed by atoms with E-state index in [0.717, 1.165) is 5.56 Å². The van der Waals surface area contributed by atoms with E-state index in [0.29, 0.717) is 5.89 Å². The van der Waals surface area contributed by atoms with Crippen LogP contribution in [0.15, 0.2) is 21.2 Å². The average molecular weight is 209 g/mol. The van der Waals surface area contributed by atoms with Crippen molar-refractivity contribution in [3.63, 3.8) is 0 Å². The Hall–Kier alpha value is -1.69. The summed E-state index contributed by atoms with van der Waals surface area (Å²) in [5, 5.41) is 13.7. The van der Waals surface area contributed by atoms with Gasteiger partial charge in [-0.2, -0.15) is 11.3 Å². The summed E-state index contributed by atoms with van der Waals surface area (Å²) in [4.78, 5) is 10.7. The van der Waals surface area contributed by atoms with Crippen molar-refractivity contribution in [1.29, 1.82) is 0 Å². The monoisotopic (exact) mass is 209 g/mol. The Balaban J connectivity index is 2.22. The topological polar surface area (TPSA) is 68.0 Å². The highest BCUT2D eigenvalue weighted by atomic mass is 32.1. The summed E-state index contributed by atoms with van der Waals surface area (Å²) < 4.78 is 5.19. The third kappa shape index (κ3) is 1.80. The highest BCUT2D eigenvalue weighted by Crippen LogP contribution is 2.21. The Bertz CT molecular complexity index is 435. The second-order valence-electron chi connectivity index (χ2n) is 2.61. The van der Waals surface area contributed by atoms with Crippen molar-refractivity contribution in [2.45, 2.75) is 6.92 Å². The second kappa shape index (κ2) is 3.59. The maximum Gasteiger partial charge on any atom is 0.322 e. The molecular weight excluding hydrogens is 202 g/mol.